The fourth-order valence-corrected chi connectivity index (χ4v) is 4.93. The van der Waals surface area contributed by atoms with Gasteiger partial charge >= 0.3 is 12.1 Å². The number of aliphatic imine (C=N–C) groups is 1. The van der Waals surface area contributed by atoms with E-state index in [1.807, 2.05) is 13.1 Å². The molecule has 196 valence electrons. The molecule has 0 aromatic heterocycles. The number of rotatable bonds is 8. The number of halogens is 5. The molecule has 1 unspecified atom stereocenters. The molecule has 2 aromatic rings. The molecule has 2 atom stereocenters. The van der Waals surface area contributed by atoms with E-state index >= 15 is 0 Å². The van der Waals surface area contributed by atoms with E-state index in [4.69, 9.17) is 40.4 Å². The van der Waals surface area contributed by atoms with Gasteiger partial charge < -0.3 is 27.0 Å². The van der Waals surface area contributed by atoms with E-state index in [1.54, 1.807) is 18.2 Å². The van der Waals surface area contributed by atoms with Gasteiger partial charge in [0, 0.05) is 53.9 Å². The Hall–Kier alpha value is -2.53. The van der Waals surface area contributed by atoms with E-state index in [9.17, 15) is 18.0 Å². The lowest BCUT2D eigenvalue weighted by molar-refractivity contribution is -0.170. The highest BCUT2D eigenvalue weighted by Gasteiger charge is 2.43. The molecule has 1 aliphatic heterocycles. The first-order chi connectivity index (χ1) is 16.9. The van der Waals surface area contributed by atoms with Gasteiger partial charge in [0.05, 0.1) is 0 Å². The van der Waals surface area contributed by atoms with Gasteiger partial charge in [-0.25, -0.2) is 0 Å². The van der Waals surface area contributed by atoms with Crippen LogP contribution in [-0.4, -0.2) is 55.7 Å². The summed E-state index contributed by atoms with van der Waals surface area (Å²) in [6, 6.07) is 9.32. The highest BCUT2D eigenvalue weighted by molar-refractivity contribution is 6.35. The molecule has 1 aliphatic rings. The summed E-state index contributed by atoms with van der Waals surface area (Å²) in [5.41, 5.74) is 19.5. The summed E-state index contributed by atoms with van der Waals surface area (Å²) in [5, 5.41) is 1.09. The number of alkyl halides is 3. The highest BCUT2D eigenvalue weighted by atomic mass is 35.5. The summed E-state index contributed by atoms with van der Waals surface area (Å²) in [6.45, 7) is 1.33. The predicted octanol–water partition coefficient (Wildman–Crippen LogP) is 3.85. The molecule has 0 aliphatic carbocycles. The number of hydrogen-bond acceptors (Lipinski definition) is 4. The summed E-state index contributed by atoms with van der Waals surface area (Å²) in [4.78, 5) is 18.9. The van der Waals surface area contributed by atoms with Gasteiger partial charge in [-0.15, -0.1) is 0 Å². The van der Waals surface area contributed by atoms with E-state index < -0.39 is 18.1 Å². The number of carbonyl (C=O) groups excluding carboxylic acids is 1. The van der Waals surface area contributed by atoms with Crippen molar-refractivity contribution in [2.24, 2.45) is 22.2 Å². The van der Waals surface area contributed by atoms with Crippen LogP contribution in [0.3, 0.4) is 0 Å². The minimum Gasteiger partial charge on any atom is -0.370 e. The monoisotopic (exact) mass is 544 g/mol. The molecule has 12 heteroatoms. The topological polar surface area (TPSA) is 114 Å². The third-order valence-electron chi connectivity index (χ3n) is 6.03. The van der Waals surface area contributed by atoms with Crippen LogP contribution in [0.5, 0.6) is 0 Å². The van der Waals surface area contributed by atoms with E-state index in [-0.39, 0.29) is 24.1 Å². The number of amides is 1. The molecule has 0 saturated heterocycles. The number of hydrogen-bond donors (Lipinski definition) is 3. The number of anilines is 1. The van der Waals surface area contributed by atoms with Crippen molar-refractivity contribution < 1.29 is 18.0 Å². The molecule has 1 amide bonds. The van der Waals surface area contributed by atoms with E-state index in [1.165, 1.54) is 12.1 Å². The maximum Gasteiger partial charge on any atom is 0.471 e. The van der Waals surface area contributed by atoms with E-state index in [0.717, 1.165) is 16.7 Å². The van der Waals surface area contributed by atoms with Crippen LogP contribution in [0.4, 0.5) is 18.9 Å². The summed E-state index contributed by atoms with van der Waals surface area (Å²) in [5.74, 6) is -2.14. The number of nitrogens with zero attached hydrogens (tertiary/aromatic N) is 3. The maximum atomic E-state index is 13.4. The summed E-state index contributed by atoms with van der Waals surface area (Å²) in [7, 11) is 1.97. The van der Waals surface area contributed by atoms with Crippen LogP contribution in [0, 0.1) is 0 Å². The molecule has 0 fully saturated rings. The molecule has 6 N–H and O–H groups in total. The molecule has 0 bridgehead atoms. The van der Waals surface area contributed by atoms with E-state index in [0.29, 0.717) is 47.4 Å². The van der Waals surface area contributed by atoms with Crippen LogP contribution in [0.1, 0.15) is 35.4 Å². The van der Waals surface area contributed by atoms with Gasteiger partial charge in [0.25, 0.3) is 0 Å². The van der Waals surface area contributed by atoms with Gasteiger partial charge in [-0.3, -0.25) is 9.79 Å². The van der Waals surface area contributed by atoms with Crippen LogP contribution in [-0.2, 0) is 11.3 Å². The zero-order valence-corrected chi connectivity index (χ0v) is 21.2. The van der Waals surface area contributed by atoms with Crippen LogP contribution >= 0.6 is 23.2 Å². The average molecular weight is 545 g/mol. The Labute approximate surface area is 218 Å². The van der Waals surface area contributed by atoms with Crippen LogP contribution in [0.25, 0.3) is 0 Å². The van der Waals surface area contributed by atoms with Crippen molar-refractivity contribution in [2.75, 3.05) is 31.6 Å². The molecule has 7 nitrogen and oxygen atoms in total. The molecule has 3 rings (SSSR count). The third-order valence-corrected chi connectivity index (χ3v) is 6.59. The Balaban J connectivity index is 1.85. The Morgan fingerprint density at radius 3 is 2.50 bits per heavy atom. The highest BCUT2D eigenvalue weighted by Crippen LogP contribution is 2.39. The minimum absolute atomic E-state index is 0.0751. The molecular weight excluding hydrogens is 516 g/mol. The number of guanidine groups is 1. The third kappa shape index (κ3) is 7.03. The molecule has 0 radical (unpaired) electrons. The normalized spacial score (nSPS) is 16.8. The number of likely N-dealkylation sites (N-methyl/N-ethyl adjacent to an activating group) is 1. The molecule has 0 spiro atoms. The number of benzene rings is 2. The van der Waals surface area contributed by atoms with Gasteiger partial charge in [0.15, 0.2) is 5.96 Å². The van der Waals surface area contributed by atoms with Gasteiger partial charge in [-0.1, -0.05) is 35.3 Å². The van der Waals surface area contributed by atoms with Crippen molar-refractivity contribution in [3.8, 4) is 0 Å². The fraction of sp³-hybridized carbons (Fsp3) is 0.417. The second-order valence-corrected chi connectivity index (χ2v) is 9.76. The molecule has 36 heavy (non-hydrogen) atoms. The zero-order valence-electron chi connectivity index (χ0n) is 19.7. The molecular formula is C24H29Cl2F3N6O. The van der Waals surface area contributed by atoms with Crippen molar-refractivity contribution in [3.63, 3.8) is 0 Å². The van der Waals surface area contributed by atoms with Crippen LogP contribution in [0.2, 0.25) is 10.0 Å². The van der Waals surface area contributed by atoms with Crippen molar-refractivity contribution in [2.45, 2.75) is 37.5 Å². The summed E-state index contributed by atoms with van der Waals surface area (Å²) < 4.78 is 40.1. The standard InChI is InChI=1S/C24H29Cl2F3N6O/c1-34-12-19(18-9-15(25)10-21(26)20(18)13-34)14-4-6-17(7-5-14)35(22(36)24(27,28)29)11-16(30)3-2-8-33-23(31)32/h4-7,9-10,16,19H,2-3,8,11-13,30H2,1H3,(H4,31,32,33)/t16-,19?/m0/s1. The Morgan fingerprint density at radius 2 is 1.89 bits per heavy atom. The lowest BCUT2D eigenvalue weighted by Crippen LogP contribution is -2.47. The number of fused-ring (bicyclic) bond motifs is 1. The zero-order chi connectivity index (χ0) is 26.6. The lowest BCUT2D eigenvalue weighted by atomic mass is 9.84. The smallest absolute Gasteiger partial charge is 0.370 e. The first-order valence-electron chi connectivity index (χ1n) is 11.3. The first-order valence-corrected chi connectivity index (χ1v) is 12.1. The number of carbonyl (C=O) groups is 1. The van der Waals surface area contributed by atoms with E-state index in [2.05, 4.69) is 9.89 Å². The average Bonchev–Trinajstić information content (AvgIpc) is 2.79. The van der Waals surface area contributed by atoms with Gasteiger partial charge in [0.1, 0.15) is 0 Å². The molecule has 0 saturated carbocycles. The second-order valence-electron chi connectivity index (χ2n) is 8.92. The molecule has 1 heterocycles. The van der Waals surface area contributed by atoms with Crippen molar-refractivity contribution in [3.05, 3.63) is 63.1 Å². The van der Waals surface area contributed by atoms with Gasteiger partial charge in [0.2, 0.25) is 0 Å². The van der Waals surface area contributed by atoms with Gasteiger partial charge in [-0.2, -0.15) is 13.2 Å². The minimum atomic E-state index is -5.05. The molecule has 2 aromatic carbocycles. The van der Waals surface area contributed by atoms with Crippen molar-refractivity contribution in [1.82, 2.24) is 4.90 Å². The SMILES string of the molecule is CN1Cc2c(Cl)cc(Cl)cc2C(c2ccc(N(C[C@@H](N)CCCN=C(N)N)C(=O)C(F)(F)F)cc2)C1. The quantitative estimate of drug-likeness (QED) is 0.265. The van der Waals surface area contributed by atoms with Crippen LogP contribution in [0.15, 0.2) is 41.4 Å². The van der Waals surface area contributed by atoms with Crippen molar-refractivity contribution >= 4 is 40.8 Å². The summed E-state index contributed by atoms with van der Waals surface area (Å²) >= 11 is 12.7. The lowest BCUT2D eigenvalue weighted by Gasteiger charge is -2.33. The fourth-order valence-electron chi connectivity index (χ4n) is 4.36. The predicted molar refractivity (Wildman–Crippen MR) is 137 cm³/mol. The summed E-state index contributed by atoms with van der Waals surface area (Å²) in [6.07, 6.45) is -4.25. The van der Waals surface area contributed by atoms with Gasteiger partial charge in [-0.05, 0) is 60.8 Å². The first kappa shape index (κ1) is 28.0. The Kier molecular flexibility index (Phi) is 9.10. The maximum absolute atomic E-state index is 13.4. The Bertz CT molecular complexity index is 1110. The van der Waals surface area contributed by atoms with Crippen LogP contribution < -0.4 is 22.1 Å². The number of nitrogens with two attached hydrogens (primary N) is 3. The van der Waals surface area contributed by atoms with Crippen molar-refractivity contribution in [1.29, 1.82) is 0 Å². The Morgan fingerprint density at radius 1 is 1.22 bits per heavy atom. The largest absolute Gasteiger partial charge is 0.471 e. The second kappa shape index (κ2) is 11.7.